The molecule has 4 nitrogen and oxygen atoms in total. The second kappa shape index (κ2) is 9.03. The van der Waals surface area contributed by atoms with E-state index in [0.717, 1.165) is 5.56 Å². The van der Waals surface area contributed by atoms with Crippen LogP contribution in [0.15, 0.2) is 47.5 Å². The Labute approximate surface area is 142 Å². The third kappa shape index (κ3) is 5.35. The lowest BCUT2D eigenvalue weighted by Crippen LogP contribution is -2.36. The fourth-order valence-electron chi connectivity index (χ4n) is 2.42. The van der Waals surface area contributed by atoms with Crippen LogP contribution >= 0.6 is 0 Å². The molecule has 0 saturated heterocycles. The summed E-state index contributed by atoms with van der Waals surface area (Å²) in [6.07, 6.45) is 0. The number of rotatable bonds is 6. The minimum atomic E-state index is -0.248. The van der Waals surface area contributed by atoms with E-state index in [4.69, 9.17) is 4.74 Å². The zero-order chi connectivity index (χ0) is 17.4. The Morgan fingerprint density at radius 3 is 2.42 bits per heavy atom. The third-order valence-electron chi connectivity index (χ3n) is 3.64. The van der Waals surface area contributed by atoms with Gasteiger partial charge in [0.1, 0.15) is 5.82 Å². The number of nitrogens with one attached hydrogen (secondary N) is 2. The average molecular weight is 329 g/mol. The average Bonchev–Trinajstić information content (AvgIpc) is 2.58. The van der Waals surface area contributed by atoms with E-state index in [0.29, 0.717) is 24.6 Å². The largest absolute Gasteiger partial charge is 0.380 e. The summed E-state index contributed by atoms with van der Waals surface area (Å²) in [6, 6.07) is 13.4. The molecule has 0 bridgehead atoms. The Kier molecular flexibility index (Phi) is 6.75. The maximum absolute atomic E-state index is 13.6. The van der Waals surface area contributed by atoms with Crippen LogP contribution in [-0.4, -0.2) is 20.1 Å². The molecule has 2 N–H and O–H groups in total. The molecule has 0 radical (unpaired) electrons. The molecule has 128 valence electrons. The fourth-order valence-corrected chi connectivity index (χ4v) is 2.42. The first-order valence-corrected chi connectivity index (χ1v) is 7.88. The lowest BCUT2D eigenvalue weighted by atomic mass is 10.1. The molecular formula is C19H24FN3O. The summed E-state index contributed by atoms with van der Waals surface area (Å²) in [6.45, 7) is 3.59. The second-order valence-electron chi connectivity index (χ2n) is 5.63. The lowest BCUT2D eigenvalue weighted by molar-refractivity contribution is 0.181. The Morgan fingerprint density at radius 2 is 1.79 bits per heavy atom. The van der Waals surface area contributed by atoms with E-state index in [-0.39, 0.29) is 12.4 Å². The van der Waals surface area contributed by atoms with Gasteiger partial charge in [0.05, 0.1) is 6.61 Å². The Morgan fingerprint density at radius 1 is 1.08 bits per heavy atom. The van der Waals surface area contributed by atoms with Crippen LogP contribution in [0.5, 0.6) is 0 Å². The third-order valence-corrected chi connectivity index (χ3v) is 3.64. The van der Waals surface area contributed by atoms with E-state index in [9.17, 15) is 4.39 Å². The molecule has 0 spiro atoms. The summed E-state index contributed by atoms with van der Waals surface area (Å²) >= 11 is 0. The van der Waals surface area contributed by atoms with E-state index in [1.165, 1.54) is 17.2 Å². The number of methoxy groups -OCH3 is 1. The molecule has 0 aromatic heterocycles. The monoisotopic (exact) mass is 329 g/mol. The van der Waals surface area contributed by atoms with Gasteiger partial charge in [0.2, 0.25) is 0 Å². The molecule has 2 aromatic carbocycles. The number of guanidine groups is 1. The van der Waals surface area contributed by atoms with Gasteiger partial charge in [0.25, 0.3) is 0 Å². The van der Waals surface area contributed by atoms with Crippen LogP contribution in [0, 0.1) is 12.7 Å². The van der Waals surface area contributed by atoms with Gasteiger partial charge in [0.15, 0.2) is 5.96 Å². The summed E-state index contributed by atoms with van der Waals surface area (Å²) in [4.78, 5) is 4.21. The predicted octanol–water partition coefficient (Wildman–Crippen LogP) is 3.15. The van der Waals surface area contributed by atoms with Crippen molar-refractivity contribution < 1.29 is 9.13 Å². The topological polar surface area (TPSA) is 45.7 Å². The number of hydrogen-bond acceptors (Lipinski definition) is 2. The Bertz CT molecular complexity index is 701. The molecule has 2 aromatic rings. The first-order chi connectivity index (χ1) is 11.6. The molecule has 0 aliphatic rings. The van der Waals surface area contributed by atoms with Gasteiger partial charge in [0, 0.05) is 32.8 Å². The van der Waals surface area contributed by atoms with Crippen molar-refractivity contribution in [1.29, 1.82) is 0 Å². The standard InChI is InChI=1S/C19H24FN3O/c1-14-5-4-6-15(9-14)11-22-19(21-2)23-12-16-7-8-18(20)17(10-16)13-24-3/h4-10H,11-13H2,1-3H3,(H2,21,22,23). The van der Waals surface area contributed by atoms with Gasteiger partial charge in [-0.1, -0.05) is 35.9 Å². The zero-order valence-electron chi connectivity index (χ0n) is 14.4. The van der Waals surface area contributed by atoms with Crippen molar-refractivity contribution >= 4 is 5.96 Å². The number of aliphatic imine (C=N–C) groups is 1. The van der Waals surface area contributed by atoms with Gasteiger partial charge in [-0.2, -0.15) is 0 Å². The highest BCUT2D eigenvalue weighted by Gasteiger charge is 2.04. The summed E-state index contributed by atoms with van der Waals surface area (Å²) in [5, 5.41) is 6.51. The van der Waals surface area contributed by atoms with Crippen LogP contribution in [-0.2, 0) is 24.4 Å². The van der Waals surface area contributed by atoms with Gasteiger partial charge in [-0.3, -0.25) is 4.99 Å². The molecular weight excluding hydrogens is 305 g/mol. The number of hydrogen-bond donors (Lipinski definition) is 2. The van der Waals surface area contributed by atoms with Crippen molar-refractivity contribution in [2.45, 2.75) is 26.6 Å². The van der Waals surface area contributed by atoms with Crippen molar-refractivity contribution in [1.82, 2.24) is 10.6 Å². The summed E-state index contributed by atoms with van der Waals surface area (Å²) < 4.78 is 18.6. The van der Waals surface area contributed by atoms with Crippen LogP contribution in [0.1, 0.15) is 22.3 Å². The molecule has 0 fully saturated rings. The van der Waals surface area contributed by atoms with Crippen LogP contribution in [0.2, 0.25) is 0 Å². The molecule has 0 atom stereocenters. The first kappa shape index (κ1) is 17.9. The summed E-state index contributed by atoms with van der Waals surface area (Å²) in [5.74, 6) is 0.455. The molecule has 0 aliphatic carbocycles. The van der Waals surface area contributed by atoms with Gasteiger partial charge < -0.3 is 15.4 Å². The van der Waals surface area contributed by atoms with Crippen LogP contribution in [0.3, 0.4) is 0 Å². The minimum absolute atomic E-state index is 0.248. The molecule has 2 rings (SSSR count). The predicted molar refractivity (Wildman–Crippen MR) is 95.3 cm³/mol. The number of nitrogens with zero attached hydrogens (tertiary/aromatic N) is 1. The van der Waals surface area contributed by atoms with Crippen molar-refractivity contribution in [3.8, 4) is 0 Å². The molecule has 0 aliphatic heterocycles. The van der Waals surface area contributed by atoms with Gasteiger partial charge in [-0.25, -0.2) is 4.39 Å². The van der Waals surface area contributed by atoms with E-state index in [2.05, 4.69) is 40.7 Å². The van der Waals surface area contributed by atoms with Gasteiger partial charge >= 0.3 is 0 Å². The number of halogens is 1. The summed E-state index contributed by atoms with van der Waals surface area (Å²) in [7, 11) is 3.29. The van der Waals surface area contributed by atoms with Crippen molar-refractivity contribution in [2.24, 2.45) is 4.99 Å². The molecule has 5 heteroatoms. The van der Waals surface area contributed by atoms with Crippen LogP contribution in [0.4, 0.5) is 4.39 Å². The summed E-state index contributed by atoms with van der Waals surface area (Å²) in [5.41, 5.74) is 3.96. The van der Waals surface area contributed by atoms with Crippen molar-refractivity contribution in [3.63, 3.8) is 0 Å². The van der Waals surface area contributed by atoms with Crippen LogP contribution < -0.4 is 10.6 Å². The molecule has 0 saturated carbocycles. The first-order valence-electron chi connectivity index (χ1n) is 7.88. The number of aryl methyl sites for hydroxylation is 1. The SMILES string of the molecule is CN=C(NCc1cccc(C)c1)NCc1ccc(F)c(COC)c1. The highest BCUT2D eigenvalue weighted by Crippen LogP contribution is 2.11. The quantitative estimate of drug-likeness (QED) is 0.632. The van der Waals surface area contributed by atoms with Crippen molar-refractivity contribution in [3.05, 3.63) is 70.5 Å². The molecule has 0 unspecified atom stereocenters. The highest BCUT2D eigenvalue weighted by molar-refractivity contribution is 5.79. The van der Waals surface area contributed by atoms with E-state index in [1.807, 2.05) is 6.07 Å². The lowest BCUT2D eigenvalue weighted by Gasteiger charge is -2.13. The van der Waals surface area contributed by atoms with E-state index < -0.39 is 0 Å². The van der Waals surface area contributed by atoms with E-state index >= 15 is 0 Å². The van der Waals surface area contributed by atoms with Gasteiger partial charge in [-0.15, -0.1) is 0 Å². The van der Waals surface area contributed by atoms with Crippen molar-refractivity contribution in [2.75, 3.05) is 14.2 Å². The number of benzene rings is 2. The second-order valence-corrected chi connectivity index (χ2v) is 5.63. The fraction of sp³-hybridized carbons (Fsp3) is 0.316. The maximum atomic E-state index is 13.6. The zero-order valence-corrected chi connectivity index (χ0v) is 14.4. The Hall–Kier alpha value is -2.40. The normalized spacial score (nSPS) is 11.4. The van der Waals surface area contributed by atoms with Gasteiger partial charge in [-0.05, 0) is 30.2 Å². The minimum Gasteiger partial charge on any atom is -0.380 e. The maximum Gasteiger partial charge on any atom is 0.191 e. The molecule has 0 heterocycles. The smallest absolute Gasteiger partial charge is 0.191 e. The Balaban J connectivity index is 1.90. The number of ether oxygens (including phenoxy) is 1. The highest BCUT2D eigenvalue weighted by atomic mass is 19.1. The van der Waals surface area contributed by atoms with Crippen LogP contribution in [0.25, 0.3) is 0 Å². The molecule has 0 amide bonds. The van der Waals surface area contributed by atoms with E-state index in [1.54, 1.807) is 26.3 Å². The molecule has 24 heavy (non-hydrogen) atoms.